The number of rotatable bonds is 4. The Morgan fingerprint density at radius 2 is 1.84 bits per heavy atom. The van der Waals surface area contributed by atoms with Crippen LogP contribution in [0.15, 0.2) is 57.7 Å². The Labute approximate surface area is 189 Å². The lowest BCUT2D eigenvalue weighted by atomic mass is 10.1. The lowest BCUT2D eigenvalue weighted by molar-refractivity contribution is -0.113. The molecule has 0 saturated heterocycles. The second-order valence-electron chi connectivity index (χ2n) is 7.60. The van der Waals surface area contributed by atoms with Gasteiger partial charge >= 0.3 is 0 Å². The van der Waals surface area contributed by atoms with Crippen molar-refractivity contribution >= 4 is 34.6 Å². The van der Waals surface area contributed by atoms with Crippen molar-refractivity contribution in [3.05, 3.63) is 76.3 Å². The fourth-order valence-corrected chi connectivity index (χ4v) is 4.69. The highest BCUT2D eigenvalue weighted by atomic mass is 32.2. The van der Waals surface area contributed by atoms with Gasteiger partial charge in [0.15, 0.2) is 16.7 Å². The quantitative estimate of drug-likeness (QED) is 0.524. The zero-order valence-corrected chi connectivity index (χ0v) is 18.7. The number of aromatic nitrogens is 1. The van der Waals surface area contributed by atoms with Crippen LogP contribution < -0.4 is 14.4 Å². The predicted octanol–water partition coefficient (Wildman–Crippen LogP) is 5.01. The van der Waals surface area contributed by atoms with Gasteiger partial charge in [-0.2, -0.15) is 0 Å². The zero-order chi connectivity index (χ0) is 22.2. The van der Waals surface area contributed by atoms with Gasteiger partial charge in [-0.15, -0.1) is 0 Å². The summed E-state index contributed by atoms with van der Waals surface area (Å²) in [5.41, 5.74) is 4.95. The number of nitrogens with zero attached hydrogens (tertiary/aromatic N) is 3. The number of carbonyl (C=O) groups excluding carboxylic acids is 1. The summed E-state index contributed by atoms with van der Waals surface area (Å²) in [5.74, 6) is 2.57. The molecule has 2 aliphatic rings. The summed E-state index contributed by atoms with van der Waals surface area (Å²) in [6, 6.07) is 13.4. The van der Waals surface area contributed by atoms with E-state index in [4.69, 9.17) is 19.0 Å². The first-order chi connectivity index (χ1) is 15.5. The van der Waals surface area contributed by atoms with E-state index in [0.29, 0.717) is 28.1 Å². The van der Waals surface area contributed by atoms with Gasteiger partial charge in [0.05, 0.1) is 11.4 Å². The van der Waals surface area contributed by atoms with Crippen molar-refractivity contribution in [2.75, 3.05) is 11.7 Å². The number of anilines is 1. The Morgan fingerprint density at radius 1 is 1.06 bits per heavy atom. The van der Waals surface area contributed by atoms with Crippen LogP contribution in [-0.4, -0.2) is 23.0 Å². The van der Waals surface area contributed by atoms with E-state index in [1.54, 1.807) is 11.0 Å². The van der Waals surface area contributed by atoms with Gasteiger partial charge in [-0.1, -0.05) is 40.7 Å². The largest absolute Gasteiger partial charge is 0.454 e. The Morgan fingerprint density at radius 3 is 2.59 bits per heavy atom. The molecule has 0 spiro atoms. The number of fused-ring (bicyclic) bond motifs is 1. The molecule has 2 aromatic carbocycles. The SMILES string of the molecule is Cc1ccc(N2C(=O)/C(=C/c3ccc4c(c3)OCO4)N=C2SCc2c(C)noc2C)cc1. The molecule has 32 heavy (non-hydrogen) atoms. The van der Waals surface area contributed by atoms with Gasteiger partial charge in [-0.25, -0.2) is 4.99 Å². The molecule has 0 unspecified atom stereocenters. The number of aliphatic imine (C=N–C) groups is 1. The molecule has 0 N–H and O–H groups in total. The van der Waals surface area contributed by atoms with Gasteiger partial charge in [0.1, 0.15) is 11.5 Å². The average Bonchev–Trinajstić information content (AvgIpc) is 3.46. The first-order valence-corrected chi connectivity index (χ1v) is 11.1. The number of hydrogen-bond acceptors (Lipinski definition) is 7. The number of amidine groups is 1. The van der Waals surface area contributed by atoms with Gasteiger partial charge < -0.3 is 14.0 Å². The van der Waals surface area contributed by atoms with E-state index in [0.717, 1.165) is 33.8 Å². The van der Waals surface area contributed by atoms with Crippen molar-refractivity contribution in [3.8, 4) is 11.5 Å². The average molecular weight is 448 g/mol. The van der Waals surface area contributed by atoms with Crippen molar-refractivity contribution in [1.82, 2.24) is 5.16 Å². The maximum Gasteiger partial charge on any atom is 0.283 e. The van der Waals surface area contributed by atoms with E-state index in [1.807, 2.05) is 63.2 Å². The maximum atomic E-state index is 13.4. The lowest BCUT2D eigenvalue weighted by Crippen LogP contribution is -2.30. The predicted molar refractivity (Wildman–Crippen MR) is 124 cm³/mol. The molecule has 3 aromatic rings. The molecule has 0 bridgehead atoms. The normalized spacial score (nSPS) is 16.2. The minimum absolute atomic E-state index is 0.173. The Kier molecular flexibility index (Phi) is 5.22. The van der Waals surface area contributed by atoms with Gasteiger partial charge in [0, 0.05) is 11.3 Å². The highest BCUT2D eigenvalue weighted by molar-refractivity contribution is 8.13. The van der Waals surface area contributed by atoms with E-state index in [1.165, 1.54) is 11.8 Å². The molecule has 0 aliphatic carbocycles. The van der Waals surface area contributed by atoms with Crippen LogP contribution in [0.25, 0.3) is 6.08 Å². The summed E-state index contributed by atoms with van der Waals surface area (Å²) in [4.78, 5) is 19.7. The fraction of sp³-hybridized carbons (Fsp3) is 0.208. The van der Waals surface area contributed by atoms with Gasteiger partial charge in [-0.3, -0.25) is 9.69 Å². The number of ether oxygens (including phenoxy) is 2. The standard InChI is InChI=1S/C24H21N3O4S/c1-14-4-7-18(8-5-14)27-23(28)20(10-17-6-9-21-22(11-17)30-13-29-21)25-24(27)32-12-19-15(2)26-31-16(19)3/h4-11H,12-13H2,1-3H3/b20-10-. The number of aryl methyl sites for hydroxylation is 3. The molecule has 0 fully saturated rings. The topological polar surface area (TPSA) is 77.2 Å². The summed E-state index contributed by atoms with van der Waals surface area (Å²) in [5, 5.41) is 4.64. The Bertz CT molecular complexity index is 1240. The van der Waals surface area contributed by atoms with E-state index in [-0.39, 0.29) is 12.7 Å². The summed E-state index contributed by atoms with van der Waals surface area (Å²) in [6.45, 7) is 6.02. The van der Waals surface area contributed by atoms with E-state index >= 15 is 0 Å². The first-order valence-electron chi connectivity index (χ1n) is 10.2. The minimum atomic E-state index is -0.173. The van der Waals surface area contributed by atoms with Crippen molar-refractivity contribution in [2.24, 2.45) is 4.99 Å². The molecule has 162 valence electrons. The van der Waals surface area contributed by atoms with Gasteiger partial charge in [0.2, 0.25) is 6.79 Å². The third kappa shape index (κ3) is 3.78. The maximum absolute atomic E-state index is 13.4. The molecule has 3 heterocycles. The van der Waals surface area contributed by atoms with Crippen LogP contribution in [0.2, 0.25) is 0 Å². The van der Waals surface area contributed by atoms with Crippen LogP contribution in [-0.2, 0) is 10.5 Å². The minimum Gasteiger partial charge on any atom is -0.454 e. The van der Waals surface area contributed by atoms with Crippen molar-refractivity contribution in [2.45, 2.75) is 26.5 Å². The highest BCUT2D eigenvalue weighted by Crippen LogP contribution is 2.35. The smallest absolute Gasteiger partial charge is 0.283 e. The van der Waals surface area contributed by atoms with Crippen LogP contribution in [0.5, 0.6) is 11.5 Å². The van der Waals surface area contributed by atoms with Crippen molar-refractivity contribution < 1.29 is 18.8 Å². The summed E-state index contributed by atoms with van der Waals surface area (Å²) in [6.07, 6.45) is 1.77. The van der Waals surface area contributed by atoms with Gasteiger partial charge in [0.25, 0.3) is 5.91 Å². The van der Waals surface area contributed by atoms with Crippen LogP contribution in [0.4, 0.5) is 5.69 Å². The molecular formula is C24H21N3O4S. The molecule has 7 nitrogen and oxygen atoms in total. The second-order valence-corrected chi connectivity index (χ2v) is 8.55. The lowest BCUT2D eigenvalue weighted by Gasteiger charge is -2.18. The number of thioether (sulfide) groups is 1. The fourth-order valence-electron chi connectivity index (χ4n) is 3.52. The number of amides is 1. The van der Waals surface area contributed by atoms with Crippen LogP contribution in [0.1, 0.15) is 28.1 Å². The number of hydrogen-bond donors (Lipinski definition) is 0. The Hall–Kier alpha value is -3.52. The van der Waals surface area contributed by atoms with Crippen molar-refractivity contribution in [3.63, 3.8) is 0 Å². The number of benzene rings is 2. The van der Waals surface area contributed by atoms with E-state index in [9.17, 15) is 4.79 Å². The number of carbonyl (C=O) groups is 1. The Balaban J connectivity index is 1.48. The molecular weight excluding hydrogens is 426 g/mol. The first kappa shape index (κ1) is 20.4. The van der Waals surface area contributed by atoms with E-state index in [2.05, 4.69) is 5.16 Å². The molecule has 5 rings (SSSR count). The highest BCUT2D eigenvalue weighted by Gasteiger charge is 2.32. The molecule has 1 aromatic heterocycles. The van der Waals surface area contributed by atoms with Crippen LogP contribution in [0, 0.1) is 20.8 Å². The summed E-state index contributed by atoms with van der Waals surface area (Å²) in [7, 11) is 0. The zero-order valence-electron chi connectivity index (χ0n) is 17.9. The van der Waals surface area contributed by atoms with Crippen molar-refractivity contribution in [1.29, 1.82) is 0 Å². The third-order valence-corrected chi connectivity index (χ3v) is 6.31. The summed E-state index contributed by atoms with van der Waals surface area (Å²) >= 11 is 1.48. The molecule has 0 radical (unpaired) electrons. The summed E-state index contributed by atoms with van der Waals surface area (Å²) < 4.78 is 16.1. The molecule has 1 amide bonds. The molecule has 0 saturated carbocycles. The monoisotopic (exact) mass is 447 g/mol. The molecule has 2 aliphatic heterocycles. The van der Waals surface area contributed by atoms with Crippen LogP contribution in [0.3, 0.4) is 0 Å². The second kappa shape index (κ2) is 8.20. The molecule has 0 atom stereocenters. The van der Waals surface area contributed by atoms with E-state index < -0.39 is 0 Å². The molecule has 8 heteroatoms. The van der Waals surface area contributed by atoms with Gasteiger partial charge in [-0.05, 0) is 56.7 Å². The van der Waals surface area contributed by atoms with Crippen LogP contribution >= 0.6 is 11.8 Å². The third-order valence-electron chi connectivity index (χ3n) is 5.35.